The van der Waals surface area contributed by atoms with Gasteiger partial charge in [0.25, 0.3) is 0 Å². The Balaban J connectivity index is 3.02. The minimum Gasteiger partial charge on any atom is -0.219 e. The molecule has 0 fully saturated rings. The van der Waals surface area contributed by atoms with Crippen molar-refractivity contribution in [2.75, 3.05) is 7.05 Å². The summed E-state index contributed by atoms with van der Waals surface area (Å²) < 4.78 is 1.81. The van der Waals surface area contributed by atoms with Crippen molar-refractivity contribution in [2.24, 2.45) is 5.92 Å². The number of hydrogen-bond donors (Lipinski definition) is 0. The first-order chi connectivity index (χ1) is 8.11. The van der Waals surface area contributed by atoms with Crippen molar-refractivity contribution in [3.05, 3.63) is 23.8 Å². The Morgan fingerprint density at radius 2 is 2.12 bits per heavy atom. The van der Waals surface area contributed by atoms with Gasteiger partial charge < -0.3 is 0 Å². The van der Waals surface area contributed by atoms with Gasteiger partial charge in [0, 0.05) is 11.6 Å². The first-order valence-corrected chi connectivity index (χ1v) is 6.63. The van der Waals surface area contributed by atoms with Crippen LogP contribution in [-0.4, -0.2) is 23.2 Å². The zero-order valence-electron chi connectivity index (χ0n) is 11.5. The molecule has 1 atom stereocenters. The van der Waals surface area contributed by atoms with Gasteiger partial charge >= 0.3 is 5.91 Å². The van der Waals surface area contributed by atoms with Crippen LogP contribution in [0.25, 0.3) is 0 Å². The topological polar surface area (TPSA) is 20.1 Å². The lowest BCUT2D eigenvalue weighted by molar-refractivity contribution is -0.421. The van der Waals surface area contributed by atoms with E-state index in [1.807, 2.05) is 24.6 Å². The fourth-order valence-electron chi connectivity index (χ4n) is 2.10. The van der Waals surface area contributed by atoms with E-state index >= 15 is 0 Å². The van der Waals surface area contributed by atoms with Crippen LogP contribution < -0.4 is 0 Å². The zero-order valence-corrected chi connectivity index (χ0v) is 11.5. The van der Waals surface area contributed by atoms with Crippen LogP contribution in [0.3, 0.4) is 0 Å². The number of rotatable bonds is 5. The largest absolute Gasteiger partial charge is 0.393 e. The van der Waals surface area contributed by atoms with Crippen molar-refractivity contribution in [2.45, 2.75) is 46.5 Å². The number of hydrogen-bond acceptors (Lipinski definition) is 1. The van der Waals surface area contributed by atoms with Crippen LogP contribution in [-0.2, 0) is 4.79 Å². The highest BCUT2D eigenvalue weighted by molar-refractivity contribution is 6.08. The molecule has 0 bridgehead atoms. The van der Waals surface area contributed by atoms with E-state index in [2.05, 4.69) is 26.0 Å². The van der Waals surface area contributed by atoms with Gasteiger partial charge in [0.15, 0.2) is 0 Å². The van der Waals surface area contributed by atoms with Crippen LogP contribution in [0.4, 0.5) is 0 Å². The Kier molecular flexibility index (Phi) is 5.33. The first-order valence-electron chi connectivity index (χ1n) is 6.63. The maximum Gasteiger partial charge on any atom is 0.393 e. The van der Waals surface area contributed by atoms with E-state index in [0.717, 1.165) is 31.4 Å². The number of carbonyl (C=O) groups excluding carboxylic acids is 1. The molecule has 1 rings (SSSR count). The van der Waals surface area contributed by atoms with Crippen LogP contribution >= 0.6 is 0 Å². The molecule has 1 amide bonds. The molecule has 0 radical (unpaired) electrons. The van der Waals surface area contributed by atoms with Crippen molar-refractivity contribution < 1.29 is 9.37 Å². The van der Waals surface area contributed by atoms with Gasteiger partial charge in [-0.15, -0.1) is 0 Å². The minimum atomic E-state index is 0.0119. The zero-order chi connectivity index (χ0) is 12.8. The van der Waals surface area contributed by atoms with E-state index in [1.165, 1.54) is 5.57 Å². The summed E-state index contributed by atoms with van der Waals surface area (Å²) in [4.78, 5) is 11.9. The van der Waals surface area contributed by atoms with E-state index in [9.17, 15) is 4.79 Å². The number of allylic oxidation sites excluding steroid dienone is 3. The van der Waals surface area contributed by atoms with Crippen LogP contribution in [0, 0.1) is 5.92 Å². The normalized spacial score (nSPS) is 21.3. The van der Waals surface area contributed by atoms with Gasteiger partial charge in [-0.1, -0.05) is 38.8 Å². The van der Waals surface area contributed by atoms with Gasteiger partial charge in [0.05, 0.1) is 0 Å². The van der Waals surface area contributed by atoms with Gasteiger partial charge in [0.1, 0.15) is 13.0 Å². The quantitative estimate of drug-likeness (QED) is 0.668. The van der Waals surface area contributed by atoms with Gasteiger partial charge in [-0.2, -0.15) is 4.58 Å². The molecule has 0 saturated heterocycles. The summed E-state index contributed by atoms with van der Waals surface area (Å²) in [5.74, 6) is 0.207. The van der Waals surface area contributed by atoms with Crippen LogP contribution in [0.5, 0.6) is 0 Å². The van der Waals surface area contributed by atoms with Gasteiger partial charge in [-0.05, 0) is 19.8 Å². The highest BCUT2D eigenvalue weighted by Gasteiger charge is 2.28. The van der Waals surface area contributed by atoms with Crippen LogP contribution in [0.2, 0.25) is 0 Å². The Morgan fingerprint density at radius 3 is 2.71 bits per heavy atom. The molecule has 0 spiro atoms. The third-order valence-corrected chi connectivity index (χ3v) is 3.15. The Morgan fingerprint density at radius 1 is 1.41 bits per heavy atom. The summed E-state index contributed by atoms with van der Waals surface area (Å²) in [6.07, 6.45) is 10.8. The standard InChI is InChI=1S/C15H24NO/c1-5-7-9-13(8-6-2)14-11-10-12(3)15(17)16(14)4/h9-12H,5-8H2,1-4H3/q+1/b13-9+. The highest BCUT2D eigenvalue weighted by atomic mass is 16.2. The van der Waals surface area contributed by atoms with E-state index in [4.69, 9.17) is 0 Å². The Bertz CT molecular complexity index is 374. The van der Waals surface area contributed by atoms with Crippen LogP contribution in [0.15, 0.2) is 23.8 Å². The average Bonchev–Trinajstić information content (AvgIpc) is 2.32. The van der Waals surface area contributed by atoms with Gasteiger partial charge in [-0.25, -0.2) is 4.79 Å². The smallest absolute Gasteiger partial charge is 0.219 e. The Labute approximate surface area is 105 Å². The molecule has 94 valence electrons. The summed E-state index contributed by atoms with van der Waals surface area (Å²) in [7, 11) is 1.88. The predicted octanol–water partition coefficient (Wildman–Crippen LogP) is 3.33. The lowest BCUT2D eigenvalue weighted by Gasteiger charge is -2.12. The van der Waals surface area contributed by atoms with Crippen molar-refractivity contribution in [3.63, 3.8) is 0 Å². The molecular formula is C15H24NO+. The van der Waals surface area contributed by atoms with Gasteiger partial charge in [-0.3, -0.25) is 0 Å². The monoisotopic (exact) mass is 234 g/mol. The Hall–Kier alpha value is -1.18. The van der Waals surface area contributed by atoms with E-state index in [1.54, 1.807) is 0 Å². The molecule has 0 aromatic heterocycles. The molecule has 2 nitrogen and oxygen atoms in total. The van der Waals surface area contributed by atoms with Crippen molar-refractivity contribution >= 4 is 11.6 Å². The molecule has 0 aromatic rings. The second-order valence-electron chi connectivity index (χ2n) is 4.70. The maximum absolute atomic E-state index is 11.9. The summed E-state index contributed by atoms with van der Waals surface area (Å²) in [6.45, 7) is 6.30. The molecule has 0 aliphatic carbocycles. The van der Waals surface area contributed by atoms with Crippen LogP contribution in [0.1, 0.15) is 46.5 Å². The van der Waals surface area contributed by atoms with E-state index in [-0.39, 0.29) is 11.8 Å². The number of carbonyl (C=O) groups is 1. The molecule has 1 heterocycles. The lowest BCUT2D eigenvalue weighted by Crippen LogP contribution is -2.32. The number of amides is 1. The molecule has 0 saturated carbocycles. The fraction of sp³-hybridized carbons (Fsp3) is 0.600. The molecule has 1 aliphatic rings. The number of unbranched alkanes of at least 4 members (excludes halogenated alkanes) is 1. The molecule has 1 unspecified atom stereocenters. The molecule has 0 aromatic carbocycles. The van der Waals surface area contributed by atoms with Crippen molar-refractivity contribution in [3.8, 4) is 0 Å². The molecule has 2 heteroatoms. The molecule has 17 heavy (non-hydrogen) atoms. The summed E-state index contributed by atoms with van der Waals surface area (Å²) in [5, 5.41) is 0. The SMILES string of the molecule is CCC/C=C(\CCC)C1=[N+](C)C(=O)C(C)C=C1. The third kappa shape index (κ3) is 3.39. The maximum atomic E-state index is 11.9. The van der Waals surface area contributed by atoms with Crippen molar-refractivity contribution in [1.29, 1.82) is 0 Å². The second-order valence-corrected chi connectivity index (χ2v) is 4.70. The lowest BCUT2D eigenvalue weighted by atomic mass is 9.97. The number of nitrogens with zero attached hydrogens (tertiary/aromatic N) is 1. The van der Waals surface area contributed by atoms with Gasteiger partial charge in [0.2, 0.25) is 5.71 Å². The highest BCUT2D eigenvalue weighted by Crippen LogP contribution is 2.15. The van der Waals surface area contributed by atoms with E-state index in [0.29, 0.717) is 0 Å². The first kappa shape index (κ1) is 13.9. The predicted molar refractivity (Wildman–Crippen MR) is 72.4 cm³/mol. The second kappa shape index (κ2) is 6.53. The molecular weight excluding hydrogens is 210 g/mol. The summed E-state index contributed by atoms with van der Waals surface area (Å²) >= 11 is 0. The minimum absolute atomic E-state index is 0.0119. The molecule has 1 aliphatic heterocycles. The van der Waals surface area contributed by atoms with Crippen molar-refractivity contribution in [1.82, 2.24) is 0 Å². The fourth-order valence-corrected chi connectivity index (χ4v) is 2.10. The van der Waals surface area contributed by atoms with E-state index < -0.39 is 0 Å². The third-order valence-electron chi connectivity index (χ3n) is 3.15. The molecule has 0 N–H and O–H groups in total. The summed E-state index contributed by atoms with van der Waals surface area (Å²) in [6, 6.07) is 0. The average molecular weight is 234 g/mol. The summed E-state index contributed by atoms with van der Waals surface area (Å²) in [5.41, 5.74) is 2.40.